The highest BCUT2D eigenvalue weighted by atomic mass is 16.5. The third-order valence-electron chi connectivity index (χ3n) is 5.32. The van der Waals surface area contributed by atoms with Gasteiger partial charge in [0.05, 0.1) is 11.5 Å². The van der Waals surface area contributed by atoms with Crippen molar-refractivity contribution in [3.63, 3.8) is 0 Å². The fourth-order valence-corrected chi connectivity index (χ4v) is 3.87. The van der Waals surface area contributed by atoms with Crippen molar-refractivity contribution in [2.24, 2.45) is 7.05 Å². The number of rotatable bonds is 7. The molecule has 0 bridgehead atoms. The van der Waals surface area contributed by atoms with E-state index in [0.717, 1.165) is 47.3 Å². The molecule has 0 saturated carbocycles. The molecule has 1 saturated heterocycles. The predicted molar refractivity (Wildman–Crippen MR) is 112 cm³/mol. The van der Waals surface area contributed by atoms with Gasteiger partial charge in [-0.2, -0.15) is 0 Å². The van der Waals surface area contributed by atoms with Gasteiger partial charge in [-0.25, -0.2) is 9.67 Å². The smallest absolute Gasteiger partial charge is 0.260 e. The van der Waals surface area contributed by atoms with Gasteiger partial charge in [0.15, 0.2) is 12.3 Å². The predicted octanol–water partition coefficient (Wildman–Crippen LogP) is 2.57. The van der Waals surface area contributed by atoms with Crippen LogP contribution in [0.25, 0.3) is 11.0 Å². The van der Waals surface area contributed by atoms with E-state index in [1.165, 1.54) is 0 Å². The van der Waals surface area contributed by atoms with Crippen LogP contribution < -0.4 is 4.74 Å². The molecule has 1 atom stereocenters. The molecule has 158 valence electrons. The molecule has 0 radical (unpaired) electrons. The molecule has 1 aliphatic heterocycles. The number of aromatic nitrogens is 4. The lowest BCUT2D eigenvalue weighted by Crippen LogP contribution is -2.39. The van der Waals surface area contributed by atoms with Crippen LogP contribution >= 0.6 is 0 Å². The van der Waals surface area contributed by atoms with Gasteiger partial charge < -0.3 is 14.4 Å². The summed E-state index contributed by atoms with van der Waals surface area (Å²) in [4.78, 5) is 23.6. The second-order valence-electron chi connectivity index (χ2n) is 7.77. The zero-order chi connectivity index (χ0) is 21.1. The van der Waals surface area contributed by atoms with Crippen LogP contribution in [0.3, 0.4) is 0 Å². The van der Waals surface area contributed by atoms with Crippen molar-refractivity contribution in [2.45, 2.75) is 39.3 Å². The van der Waals surface area contributed by atoms with E-state index in [0.29, 0.717) is 19.0 Å². The highest BCUT2D eigenvalue weighted by Crippen LogP contribution is 2.27. The number of carbonyl (C=O) groups excluding carboxylic acids is 1. The topological polar surface area (TPSA) is 82.4 Å². The lowest BCUT2D eigenvalue weighted by Gasteiger charge is -2.25. The highest BCUT2D eigenvalue weighted by molar-refractivity contribution is 5.85. The first-order chi connectivity index (χ1) is 14.5. The Labute approximate surface area is 175 Å². The summed E-state index contributed by atoms with van der Waals surface area (Å²) in [7, 11) is 1.83. The molecule has 0 spiro atoms. The first-order valence-corrected chi connectivity index (χ1v) is 10.2. The molecule has 8 nitrogen and oxygen atoms in total. The Balaban J connectivity index is 1.50. The number of hydrogen-bond acceptors (Lipinski definition) is 6. The van der Waals surface area contributed by atoms with Gasteiger partial charge in [0.25, 0.3) is 5.91 Å². The molecule has 1 amide bonds. The van der Waals surface area contributed by atoms with Crippen molar-refractivity contribution >= 4 is 16.9 Å². The normalized spacial score (nSPS) is 16.2. The standard InChI is InChI=1S/C22H27N5O3/c1-15-10-16(2)24-21-20(15)22(25-26(21)3)30-14-19(28)27(13-18-7-5-9-29-18)12-17-6-4-8-23-11-17/h4,6,8,10-11,18H,5,7,9,12-14H2,1-3H3. The molecule has 8 heteroatoms. The minimum absolute atomic E-state index is 0.0655. The van der Waals surface area contributed by atoms with Gasteiger partial charge in [0.1, 0.15) is 0 Å². The minimum atomic E-state index is -0.106. The Morgan fingerprint density at radius 2 is 2.27 bits per heavy atom. The van der Waals surface area contributed by atoms with E-state index < -0.39 is 0 Å². The monoisotopic (exact) mass is 409 g/mol. The molecule has 0 aromatic carbocycles. The number of pyridine rings is 2. The van der Waals surface area contributed by atoms with E-state index in [1.807, 2.05) is 39.1 Å². The van der Waals surface area contributed by atoms with Crippen LogP contribution in [0.1, 0.15) is 29.7 Å². The SMILES string of the molecule is Cc1cc(C)c2c(OCC(=O)N(Cc3cccnc3)CC3CCCO3)nn(C)c2n1. The van der Waals surface area contributed by atoms with E-state index >= 15 is 0 Å². The van der Waals surface area contributed by atoms with Crippen molar-refractivity contribution in [3.8, 4) is 5.88 Å². The summed E-state index contributed by atoms with van der Waals surface area (Å²) < 4.78 is 13.3. The zero-order valence-corrected chi connectivity index (χ0v) is 17.7. The van der Waals surface area contributed by atoms with Crippen LogP contribution in [0.5, 0.6) is 5.88 Å². The summed E-state index contributed by atoms with van der Waals surface area (Å²) in [5, 5.41) is 5.28. The van der Waals surface area contributed by atoms with E-state index in [2.05, 4.69) is 15.1 Å². The van der Waals surface area contributed by atoms with E-state index in [-0.39, 0.29) is 18.6 Å². The van der Waals surface area contributed by atoms with Crippen LogP contribution in [0.15, 0.2) is 30.6 Å². The van der Waals surface area contributed by atoms with Crippen LogP contribution in [0.2, 0.25) is 0 Å². The fourth-order valence-electron chi connectivity index (χ4n) is 3.87. The third kappa shape index (κ3) is 4.43. The molecule has 1 aliphatic rings. The van der Waals surface area contributed by atoms with Crippen molar-refractivity contribution in [1.82, 2.24) is 24.6 Å². The zero-order valence-electron chi connectivity index (χ0n) is 17.7. The van der Waals surface area contributed by atoms with Crippen molar-refractivity contribution in [1.29, 1.82) is 0 Å². The molecule has 1 fully saturated rings. The fraction of sp³-hybridized carbons (Fsp3) is 0.455. The Bertz CT molecular complexity index is 1030. The maximum atomic E-state index is 13.1. The van der Waals surface area contributed by atoms with Gasteiger partial charge in [-0.3, -0.25) is 9.78 Å². The van der Waals surface area contributed by atoms with Crippen LogP contribution in [0.4, 0.5) is 0 Å². The Kier molecular flexibility index (Phi) is 5.94. The van der Waals surface area contributed by atoms with E-state index in [9.17, 15) is 4.79 Å². The molecule has 4 rings (SSSR count). The lowest BCUT2D eigenvalue weighted by molar-refractivity contribution is -0.135. The Hall–Kier alpha value is -3.00. The average molecular weight is 409 g/mol. The Morgan fingerprint density at radius 3 is 3.00 bits per heavy atom. The molecule has 0 N–H and O–H groups in total. The summed E-state index contributed by atoms with van der Waals surface area (Å²) in [5.41, 5.74) is 3.67. The summed E-state index contributed by atoms with van der Waals surface area (Å²) in [6, 6.07) is 5.83. The summed E-state index contributed by atoms with van der Waals surface area (Å²) in [5.74, 6) is 0.329. The maximum absolute atomic E-state index is 13.1. The minimum Gasteiger partial charge on any atom is -0.466 e. The van der Waals surface area contributed by atoms with Crippen molar-refractivity contribution in [3.05, 3.63) is 47.4 Å². The van der Waals surface area contributed by atoms with Gasteiger partial charge in [-0.15, -0.1) is 5.10 Å². The number of nitrogens with zero attached hydrogens (tertiary/aromatic N) is 5. The van der Waals surface area contributed by atoms with Gasteiger partial charge in [0.2, 0.25) is 5.88 Å². The summed E-state index contributed by atoms with van der Waals surface area (Å²) >= 11 is 0. The van der Waals surface area contributed by atoms with Gasteiger partial charge in [-0.1, -0.05) is 6.07 Å². The highest BCUT2D eigenvalue weighted by Gasteiger charge is 2.24. The van der Waals surface area contributed by atoms with E-state index in [1.54, 1.807) is 22.0 Å². The third-order valence-corrected chi connectivity index (χ3v) is 5.32. The lowest BCUT2D eigenvalue weighted by atomic mass is 10.2. The number of ether oxygens (including phenoxy) is 2. The molecule has 4 heterocycles. The molecule has 0 aliphatic carbocycles. The summed E-state index contributed by atoms with van der Waals surface area (Å²) in [6.07, 6.45) is 5.56. The molecule has 3 aromatic rings. The van der Waals surface area contributed by atoms with Gasteiger partial charge >= 0.3 is 0 Å². The molecular formula is C22H27N5O3. The first kappa shape index (κ1) is 20.3. The number of carbonyl (C=O) groups is 1. The molecule has 30 heavy (non-hydrogen) atoms. The average Bonchev–Trinajstić information content (AvgIpc) is 3.34. The maximum Gasteiger partial charge on any atom is 0.260 e. The molecular weight excluding hydrogens is 382 g/mol. The van der Waals surface area contributed by atoms with Crippen molar-refractivity contribution in [2.75, 3.05) is 19.8 Å². The van der Waals surface area contributed by atoms with E-state index in [4.69, 9.17) is 9.47 Å². The number of aryl methyl sites for hydroxylation is 3. The number of hydrogen-bond donors (Lipinski definition) is 0. The molecule has 3 aromatic heterocycles. The quantitative estimate of drug-likeness (QED) is 0.597. The second-order valence-corrected chi connectivity index (χ2v) is 7.77. The molecule has 1 unspecified atom stereocenters. The number of fused-ring (bicyclic) bond motifs is 1. The first-order valence-electron chi connectivity index (χ1n) is 10.2. The van der Waals surface area contributed by atoms with Crippen LogP contribution in [-0.2, 0) is 23.1 Å². The number of amides is 1. The van der Waals surface area contributed by atoms with Crippen molar-refractivity contribution < 1.29 is 14.3 Å². The van der Waals surface area contributed by atoms with Gasteiger partial charge in [0, 0.05) is 44.8 Å². The largest absolute Gasteiger partial charge is 0.466 e. The van der Waals surface area contributed by atoms with Gasteiger partial charge in [-0.05, 0) is 49.9 Å². The van der Waals surface area contributed by atoms with Crippen LogP contribution in [-0.4, -0.2) is 56.4 Å². The van der Waals surface area contributed by atoms with Crippen LogP contribution in [0, 0.1) is 13.8 Å². The summed E-state index contributed by atoms with van der Waals surface area (Å²) in [6.45, 7) is 5.62. The Morgan fingerprint density at radius 1 is 1.40 bits per heavy atom. The second kappa shape index (κ2) is 8.79.